The first-order valence-corrected chi connectivity index (χ1v) is 7.72. The fourth-order valence-corrected chi connectivity index (χ4v) is 3.14. The van der Waals surface area contributed by atoms with Gasteiger partial charge in [0.25, 0.3) is 0 Å². The quantitative estimate of drug-likeness (QED) is 0.845. The number of nitrogens with one attached hydrogen (secondary N) is 1. The molecule has 1 N–H and O–H groups in total. The minimum atomic E-state index is 0.956. The van der Waals surface area contributed by atoms with Gasteiger partial charge in [-0.1, -0.05) is 13.8 Å². The maximum Gasteiger partial charge on any atom is 0.107 e. The fourth-order valence-electron chi connectivity index (χ4n) is 2.21. The van der Waals surface area contributed by atoms with Gasteiger partial charge >= 0.3 is 0 Å². The molecule has 1 aliphatic heterocycles. The Morgan fingerprint density at radius 3 is 2.61 bits per heavy atom. The summed E-state index contributed by atoms with van der Waals surface area (Å²) in [4.78, 5) is 10.9. The smallest absolute Gasteiger partial charge is 0.107 e. The van der Waals surface area contributed by atoms with Crippen LogP contribution in [0.25, 0.3) is 0 Å². The van der Waals surface area contributed by atoms with Crippen LogP contribution in [0.4, 0.5) is 0 Å². The Bertz CT molecular complexity index is 345. The number of rotatable bonds is 6. The molecule has 2 heterocycles. The normalized spacial score (nSPS) is 18.3. The van der Waals surface area contributed by atoms with Gasteiger partial charge in [0.05, 0.1) is 6.54 Å². The summed E-state index contributed by atoms with van der Waals surface area (Å²) in [5.74, 6) is 0. The Balaban J connectivity index is 1.77. The molecular formula is C13H24N4S. The minimum absolute atomic E-state index is 0.956. The summed E-state index contributed by atoms with van der Waals surface area (Å²) >= 11 is 1.84. The summed E-state index contributed by atoms with van der Waals surface area (Å²) in [5, 5.41) is 4.60. The molecule has 2 rings (SSSR count). The largest absolute Gasteiger partial charge is 0.312 e. The van der Waals surface area contributed by atoms with Crippen LogP contribution < -0.4 is 5.32 Å². The number of thiazole rings is 1. The van der Waals surface area contributed by atoms with Gasteiger partial charge in [-0.15, -0.1) is 11.3 Å². The molecule has 1 fully saturated rings. The Kier molecular flexibility index (Phi) is 5.56. The Labute approximate surface area is 114 Å². The zero-order valence-corrected chi connectivity index (χ0v) is 12.3. The molecule has 0 spiro atoms. The van der Waals surface area contributed by atoms with E-state index >= 15 is 0 Å². The summed E-state index contributed by atoms with van der Waals surface area (Å²) in [6, 6.07) is 0. The van der Waals surface area contributed by atoms with Gasteiger partial charge in [-0.2, -0.15) is 0 Å². The molecule has 1 aromatic rings. The van der Waals surface area contributed by atoms with Crippen molar-refractivity contribution in [2.45, 2.75) is 26.9 Å². The van der Waals surface area contributed by atoms with E-state index in [-0.39, 0.29) is 0 Å². The topological polar surface area (TPSA) is 31.4 Å². The molecule has 18 heavy (non-hydrogen) atoms. The highest BCUT2D eigenvalue weighted by molar-refractivity contribution is 7.11. The van der Waals surface area contributed by atoms with Gasteiger partial charge in [-0.25, -0.2) is 4.98 Å². The van der Waals surface area contributed by atoms with Gasteiger partial charge in [0.1, 0.15) is 5.01 Å². The lowest BCUT2D eigenvalue weighted by molar-refractivity contribution is 0.132. The number of piperazine rings is 1. The predicted molar refractivity (Wildman–Crippen MR) is 76.9 cm³/mol. The SMILES string of the molecule is CCNCc1cnc(CN2CCN(CC)CC2)s1. The minimum Gasteiger partial charge on any atom is -0.312 e. The molecule has 0 aromatic carbocycles. The Morgan fingerprint density at radius 1 is 1.22 bits per heavy atom. The van der Waals surface area contributed by atoms with Crippen molar-refractivity contribution >= 4 is 11.3 Å². The van der Waals surface area contributed by atoms with E-state index in [0.29, 0.717) is 0 Å². The second kappa shape index (κ2) is 7.19. The van der Waals surface area contributed by atoms with Crippen LogP contribution in [0.3, 0.4) is 0 Å². The monoisotopic (exact) mass is 268 g/mol. The van der Waals surface area contributed by atoms with Crippen LogP contribution in [-0.2, 0) is 13.1 Å². The van der Waals surface area contributed by atoms with Crippen molar-refractivity contribution in [3.8, 4) is 0 Å². The van der Waals surface area contributed by atoms with Crippen molar-refractivity contribution in [3.63, 3.8) is 0 Å². The zero-order chi connectivity index (χ0) is 12.8. The Morgan fingerprint density at radius 2 is 1.94 bits per heavy atom. The average molecular weight is 268 g/mol. The number of nitrogens with zero attached hydrogens (tertiary/aromatic N) is 3. The van der Waals surface area contributed by atoms with E-state index < -0.39 is 0 Å². The molecule has 1 saturated heterocycles. The van der Waals surface area contributed by atoms with Gasteiger partial charge in [-0.3, -0.25) is 4.90 Å². The van der Waals surface area contributed by atoms with Crippen LogP contribution in [0.2, 0.25) is 0 Å². The summed E-state index contributed by atoms with van der Waals surface area (Å²) in [7, 11) is 0. The van der Waals surface area contributed by atoms with Gasteiger partial charge < -0.3 is 10.2 Å². The van der Waals surface area contributed by atoms with Crippen LogP contribution in [0.1, 0.15) is 23.7 Å². The lowest BCUT2D eigenvalue weighted by Crippen LogP contribution is -2.45. The second-order valence-corrected chi connectivity index (χ2v) is 5.91. The van der Waals surface area contributed by atoms with E-state index in [1.807, 2.05) is 17.5 Å². The molecule has 0 atom stereocenters. The average Bonchev–Trinajstić information content (AvgIpc) is 2.85. The van der Waals surface area contributed by atoms with E-state index in [2.05, 4.69) is 33.9 Å². The third-order valence-electron chi connectivity index (χ3n) is 3.42. The summed E-state index contributed by atoms with van der Waals surface area (Å²) in [6.45, 7) is 13.3. The van der Waals surface area contributed by atoms with Gasteiger partial charge in [0.15, 0.2) is 0 Å². The molecule has 1 aliphatic rings. The third-order valence-corrected chi connectivity index (χ3v) is 4.40. The first-order valence-electron chi connectivity index (χ1n) is 6.90. The molecule has 0 aliphatic carbocycles. The first kappa shape index (κ1) is 13.9. The van der Waals surface area contributed by atoms with E-state index in [4.69, 9.17) is 0 Å². The molecule has 0 amide bonds. The highest BCUT2D eigenvalue weighted by Crippen LogP contribution is 2.15. The van der Waals surface area contributed by atoms with Crippen LogP contribution in [0, 0.1) is 0 Å². The molecule has 0 radical (unpaired) electrons. The fraction of sp³-hybridized carbons (Fsp3) is 0.769. The van der Waals surface area contributed by atoms with Crippen LogP contribution in [0.5, 0.6) is 0 Å². The maximum absolute atomic E-state index is 4.53. The number of hydrogen-bond donors (Lipinski definition) is 1. The van der Waals surface area contributed by atoms with E-state index in [9.17, 15) is 0 Å². The number of likely N-dealkylation sites (N-methyl/N-ethyl adjacent to an activating group) is 1. The van der Waals surface area contributed by atoms with Gasteiger partial charge in [-0.05, 0) is 13.1 Å². The maximum atomic E-state index is 4.53. The van der Waals surface area contributed by atoms with Gasteiger partial charge in [0.2, 0.25) is 0 Å². The van der Waals surface area contributed by atoms with E-state index in [1.54, 1.807) is 0 Å². The van der Waals surface area contributed by atoms with Crippen molar-refractivity contribution in [2.24, 2.45) is 0 Å². The van der Waals surface area contributed by atoms with Crippen molar-refractivity contribution in [2.75, 3.05) is 39.3 Å². The van der Waals surface area contributed by atoms with Gasteiger partial charge in [0, 0.05) is 43.8 Å². The molecule has 0 unspecified atom stereocenters. The standard InChI is InChI=1S/C13H24N4S/c1-3-14-9-12-10-15-13(18-12)11-17-7-5-16(4-2)6-8-17/h10,14H,3-9,11H2,1-2H3. The summed E-state index contributed by atoms with van der Waals surface area (Å²) in [5.41, 5.74) is 0. The molecular weight excluding hydrogens is 244 g/mol. The molecule has 0 saturated carbocycles. The third kappa shape index (κ3) is 4.02. The highest BCUT2D eigenvalue weighted by atomic mass is 32.1. The van der Waals surface area contributed by atoms with Crippen LogP contribution >= 0.6 is 11.3 Å². The van der Waals surface area contributed by atoms with Crippen LogP contribution in [-0.4, -0.2) is 54.1 Å². The number of hydrogen-bond acceptors (Lipinski definition) is 5. The zero-order valence-electron chi connectivity index (χ0n) is 11.5. The molecule has 1 aromatic heterocycles. The van der Waals surface area contributed by atoms with Crippen molar-refractivity contribution in [1.82, 2.24) is 20.1 Å². The highest BCUT2D eigenvalue weighted by Gasteiger charge is 2.16. The lowest BCUT2D eigenvalue weighted by atomic mass is 10.3. The Hall–Kier alpha value is -0.490. The second-order valence-electron chi connectivity index (χ2n) is 4.71. The van der Waals surface area contributed by atoms with Crippen molar-refractivity contribution < 1.29 is 0 Å². The van der Waals surface area contributed by atoms with Crippen LogP contribution in [0.15, 0.2) is 6.20 Å². The molecule has 5 heteroatoms. The van der Waals surface area contributed by atoms with E-state index in [0.717, 1.165) is 19.6 Å². The van der Waals surface area contributed by atoms with E-state index in [1.165, 1.54) is 42.6 Å². The van der Waals surface area contributed by atoms with Crippen molar-refractivity contribution in [1.29, 1.82) is 0 Å². The molecule has 0 bridgehead atoms. The summed E-state index contributed by atoms with van der Waals surface area (Å²) < 4.78 is 0. The molecule has 102 valence electrons. The predicted octanol–water partition coefficient (Wildman–Crippen LogP) is 1.39. The number of aromatic nitrogens is 1. The first-order chi connectivity index (χ1) is 8.81. The molecule has 4 nitrogen and oxygen atoms in total. The lowest BCUT2D eigenvalue weighted by Gasteiger charge is -2.33. The summed E-state index contributed by atoms with van der Waals surface area (Å²) in [6.07, 6.45) is 2.02. The van der Waals surface area contributed by atoms with Crippen molar-refractivity contribution in [3.05, 3.63) is 16.1 Å².